The van der Waals surface area contributed by atoms with Crippen LogP contribution in [0.25, 0.3) is 10.9 Å². The molecule has 1 amide bonds. The van der Waals surface area contributed by atoms with Crippen LogP contribution in [0.4, 0.5) is 26.2 Å². The maximum atomic E-state index is 13.6. The average Bonchev–Trinajstić information content (AvgIpc) is 3.22. The second-order valence-electron chi connectivity index (χ2n) is 7.94. The van der Waals surface area contributed by atoms with E-state index in [9.17, 15) is 18.4 Å². The molecule has 1 aromatic carbocycles. The van der Waals surface area contributed by atoms with Crippen molar-refractivity contribution in [3.05, 3.63) is 46.6 Å². The smallest absolute Gasteiger partial charge is 0.263 e. The van der Waals surface area contributed by atoms with Crippen LogP contribution in [-0.4, -0.2) is 57.5 Å². The van der Waals surface area contributed by atoms with Gasteiger partial charge in [0.25, 0.3) is 17.9 Å². The van der Waals surface area contributed by atoms with Gasteiger partial charge in [-0.3, -0.25) is 9.59 Å². The summed E-state index contributed by atoms with van der Waals surface area (Å²) in [7, 11) is 1.63. The molecule has 0 saturated carbocycles. The predicted octanol–water partition coefficient (Wildman–Crippen LogP) is 2.03. The lowest BCUT2D eigenvalue weighted by Gasteiger charge is -2.27. The minimum absolute atomic E-state index is 0.000139. The number of para-hydroxylation sites is 1. The number of carbonyl (C=O) groups excluding carboxylic acids is 1. The summed E-state index contributed by atoms with van der Waals surface area (Å²) in [6.07, 6.45) is 2.05. The number of rotatable bonds is 4. The zero-order chi connectivity index (χ0) is 22.4. The molecule has 4 heterocycles. The lowest BCUT2D eigenvalue weighted by atomic mass is 10.1. The molecule has 2 aliphatic heterocycles. The number of alkyl halides is 2. The van der Waals surface area contributed by atoms with E-state index in [-0.39, 0.29) is 29.0 Å². The standard InChI is InChI=1S/C21H21F2N7O2/c1-28-11-26-17-13(19(28)31)5-2-6-15(17)30-10-12-4-3-7-29(12)18-14(20(30)32)8-24-21(27-18)25-9-16(22)23/h2,5-6,8,11-12,16H,3-4,7,9-10H2,1H3,(H,24,25,27)/t12-/m0/s1. The lowest BCUT2D eigenvalue weighted by molar-refractivity contribution is 0.0988. The summed E-state index contributed by atoms with van der Waals surface area (Å²) in [5.41, 5.74) is 1.09. The Kier molecular flexibility index (Phi) is 4.95. The second-order valence-corrected chi connectivity index (χ2v) is 7.94. The number of aromatic nitrogens is 4. The van der Waals surface area contributed by atoms with Crippen molar-refractivity contribution in [2.24, 2.45) is 7.05 Å². The number of aryl methyl sites for hydroxylation is 1. The molecule has 2 aliphatic rings. The van der Waals surface area contributed by atoms with Crippen LogP contribution in [0.2, 0.25) is 0 Å². The Labute approximate surface area is 181 Å². The monoisotopic (exact) mass is 441 g/mol. The molecule has 0 aliphatic carbocycles. The molecule has 1 atom stereocenters. The maximum absolute atomic E-state index is 13.6. The van der Waals surface area contributed by atoms with Gasteiger partial charge in [0.1, 0.15) is 16.9 Å². The first-order chi connectivity index (χ1) is 15.4. The van der Waals surface area contributed by atoms with E-state index in [1.807, 2.05) is 4.90 Å². The van der Waals surface area contributed by atoms with Gasteiger partial charge in [0, 0.05) is 32.4 Å². The summed E-state index contributed by atoms with van der Waals surface area (Å²) in [6.45, 7) is 0.530. The van der Waals surface area contributed by atoms with E-state index in [0.717, 1.165) is 12.8 Å². The van der Waals surface area contributed by atoms with Gasteiger partial charge in [-0.2, -0.15) is 4.98 Å². The summed E-state index contributed by atoms with van der Waals surface area (Å²) >= 11 is 0. The van der Waals surface area contributed by atoms with Crippen LogP contribution < -0.4 is 20.7 Å². The van der Waals surface area contributed by atoms with E-state index < -0.39 is 13.0 Å². The van der Waals surface area contributed by atoms with E-state index in [2.05, 4.69) is 20.3 Å². The van der Waals surface area contributed by atoms with Gasteiger partial charge in [0.2, 0.25) is 5.95 Å². The van der Waals surface area contributed by atoms with Crippen LogP contribution in [0.1, 0.15) is 23.2 Å². The molecule has 166 valence electrons. The van der Waals surface area contributed by atoms with Crippen LogP contribution in [0.5, 0.6) is 0 Å². The van der Waals surface area contributed by atoms with Crippen molar-refractivity contribution in [3.63, 3.8) is 0 Å². The minimum Gasteiger partial charge on any atom is -0.351 e. The van der Waals surface area contributed by atoms with E-state index in [4.69, 9.17) is 0 Å². The van der Waals surface area contributed by atoms with Gasteiger partial charge in [-0.15, -0.1) is 0 Å². The van der Waals surface area contributed by atoms with E-state index in [1.54, 1.807) is 30.1 Å². The van der Waals surface area contributed by atoms with E-state index >= 15 is 0 Å². The molecule has 1 fully saturated rings. The number of anilines is 3. The highest BCUT2D eigenvalue weighted by atomic mass is 19.3. The third-order valence-electron chi connectivity index (χ3n) is 5.92. The molecular weight excluding hydrogens is 420 g/mol. The highest BCUT2D eigenvalue weighted by Crippen LogP contribution is 2.35. The summed E-state index contributed by atoms with van der Waals surface area (Å²) in [5, 5.41) is 2.94. The van der Waals surface area contributed by atoms with Crippen LogP contribution in [0.3, 0.4) is 0 Å². The van der Waals surface area contributed by atoms with Crippen molar-refractivity contribution in [1.29, 1.82) is 0 Å². The predicted molar refractivity (Wildman–Crippen MR) is 116 cm³/mol. The van der Waals surface area contributed by atoms with Crippen LogP contribution in [-0.2, 0) is 7.05 Å². The highest BCUT2D eigenvalue weighted by Gasteiger charge is 2.38. The molecular formula is C21H21F2N7O2. The van der Waals surface area contributed by atoms with Crippen LogP contribution >= 0.6 is 0 Å². The number of hydrogen-bond donors (Lipinski definition) is 1. The third-order valence-corrected chi connectivity index (χ3v) is 5.92. The van der Waals surface area contributed by atoms with E-state index in [0.29, 0.717) is 35.5 Å². The molecule has 9 nitrogen and oxygen atoms in total. The van der Waals surface area contributed by atoms with Crippen molar-refractivity contribution in [1.82, 2.24) is 19.5 Å². The molecule has 0 bridgehead atoms. The zero-order valence-corrected chi connectivity index (χ0v) is 17.3. The molecule has 2 aromatic heterocycles. The Morgan fingerprint density at radius 3 is 2.91 bits per heavy atom. The Morgan fingerprint density at radius 1 is 1.25 bits per heavy atom. The molecule has 0 unspecified atom stereocenters. The number of nitrogens with zero attached hydrogens (tertiary/aromatic N) is 6. The summed E-state index contributed by atoms with van der Waals surface area (Å²) in [5.74, 6) is 0.187. The molecule has 1 N–H and O–H groups in total. The molecule has 11 heteroatoms. The SMILES string of the molecule is Cn1cnc2c(N3C[C@@H]4CCCN4c4nc(NCC(F)F)ncc4C3=O)cccc2c1=O. The maximum Gasteiger partial charge on any atom is 0.263 e. The number of benzene rings is 1. The van der Waals surface area contributed by atoms with Gasteiger partial charge >= 0.3 is 0 Å². The molecule has 1 saturated heterocycles. The van der Waals surface area contributed by atoms with E-state index in [1.165, 1.54) is 17.1 Å². The zero-order valence-electron chi connectivity index (χ0n) is 17.3. The van der Waals surface area contributed by atoms with Crippen LogP contribution in [0.15, 0.2) is 35.5 Å². The van der Waals surface area contributed by atoms with Crippen molar-refractivity contribution in [3.8, 4) is 0 Å². The third kappa shape index (κ3) is 3.33. The van der Waals surface area contributed by atoms with Crippen molar-refractivity contribution in [2.45, 2.75) is 25.3 Å². The fraction of sp³-hybridized carbons (Fsp3) is 0.381. The van der Waals surface area contributed by atoms with Gasteiger partial charge in [-0.05, 0) is 25.0 Å². The van der Waals surface area contributed by atoms with Crippen LogP contribution in [0, 0.1) is 0 Å². The molecule has 32 heavy (non-hydrogen) atoms. The number of nitrogens with one attached hydrogen (secondary N) is 1. The van der Waals surface area contributed by atoms with Gasteiger partial charge in [-0.1, -0.05) is 6.07 Å². The average molecular weight is 441 g/mol. The Hall–Kier alpha value is -3.63. The molecule has 0 radical (unpaired) electrons. The minimum atomic E-state index is -2.54. The largest absolute Gasteiger partial charge is 0.351 e. The van der Waals surface area contributed by atoms with Crippen molar-refractivity contribution >= 4 is 34.3 Å². The number of halogens is 2. The van der Waals surface area contributed by atoms with Crippen molar-refractivity contribution < 1.29 is 13.6 Å². The topological polar surface area (TPSA) is 96.2 Å². The number of fused-ring (bicyclic) bond motifs is 4. The first-order valence-corrected chi connectivity index (χ1v) is 10.4. The summed E-state index contributed by atoms with van der Waals surface area (Å²) in [6, 6.07) is 5.20. The first kappa shape index (κ1) is 20.3. The van der Waals surface area contributed by atoms with Gasteiger partial charge < -0.3 is 19.7 Å². The van der Waals surface area contributed by atoms with Gasteiger partial charge in [-0.25, -0.2) is 18.7 Å². The van der Waals surface area contributed by atoms with Gasteiger partial charge in [0.05, 0.1) is 23.9 Å². The second kappa shape index (κ2) is 7.81. The molecule has 0 spiro atoms. The Morgan fingerprint density at radius 2 is 2.09 bits per heavy atom. The Bertz CT molecular complexity index is 1260. The van der Waals surface area contributed by atoms with Crippen molar-refractivity contribution in [2.75, 3.05) is 34.8 Å². The molecule has 3 aromatic rings. The number of hydrogen-bond acceptors (Lipinski definition) is 7. The lowest BCUT2D eigenvalue weighted by Crippen LogP contribution is -2.40. The fourth-order valence-electron chi connectivity index (χ4n) is 4.39. The summed E-state index contributed by atoms with van der Waals surface area (Å²) < 4.78 is 26.6. The number of amides is 1. The Balaban J connectivity index is 1.62. The van der Waals surface area contributed by atoms with Gasteiger partial charge in [0.15, 0.2) is 0 Å². The normalized spacial score (nSPS) is 18.1. The quantitative estimate of drug-likeness (QED) is 0.662. The highest BCUT2D eigenvalue weighted by molar-refractivity contribution is 6.13. The summed E-state index contributed by atoms with van der Waals surface area (Å²) in [4.78, 5) is 42.8. The fourth-order valence-corrected chi connectivity index (χ4v) is 4.39. The molecule has 5 rings (SSSR count). The number of carbonyl (C=O) groups is 1. The first-order valence-electron chi connectivity index (χ1n) is 10.4.